The molecule has 5 rings (SSSR count). The van der Waals surface area contributed by atoms with Gasteiger partial charge in [0.1, 0.15) is 5.69 Å². The third-order valence-corrected chi connectivity index (χ3v) is 5.96. The van der Waals surface area contributed by atoms with Crippen LogP contribution in [0.3, 0.4) is 0 Å². The highest BCUT2D eigenvalue weighted by molar-refractivity contribution is 5.98. The predicted octanol–water partition coefficient (Wildman–Crippen LogP) is 3.93. The van der Waals surface area contributed by atoms with Crippen LogP contribution in [0.15, 0.2) is 59.2 Å². The second-order valence-corrected chi connectivity index (χ2v) is 7.93. The average molecular weight is 388 g/mol. The fraction of sp³-hybridized carbons (Fsp3) is 0.348. The van der Waals surface area contributed by atoms with Crippen LogP contribution < -0.4 is 9.80 Å². The van der Waals surface area contributed by atoms with Crippen LogP contribution >= 0.6 is 0 Å². The van der Waals surface area contributed by atoms with Gasteiger partial charge in [-0.3, -0.25) is 4.79 Å². The first-order valence-electron chi connectivity index (χ1n) is 10.2. The number of amides is 1. The summed E-state index contributed by atoms with van der Waals surface area (Å²) in [6, 6.07) is 16.1. The number of para-hydroxylation sites is 1. The van der Waals surface area contributed by atoms with Gasteiger partial charge in [-0.05, 0) is 62.1 Å². The zero-order chi connectivity index (χ0) is 19.8. The summed E-state index contributed by atoms with van der Waals surface area (Å²) < 4.78 is 5.38. The lowest BCUT2D eigenvalue weighted by molar-refractivity contribution is -0.122. The molecule has 2 unspecified atom stereocenters. The monoisotopic (exact) mass is 388 g/mol. The van der Waals surface area contributed by atoms with Gasteiger partial charge in [0.2, 0.25) is 5.91 Å². The van der Waals surface area contributed by atoms with Crippen LogP contribution in [0.2, 0.25) is 0 Å². The number of hydrogen-bond acceptors (Lipinski definition) is 5. The molecule has 0 N–H and O–H groups in total. The molecule has 2 aromatic heterocycles. The molecule has 3 aromatic rings. The number of carbonyl (C=O) groups is 1. The Balaban J connectivity index is 1.32. The minimum atomic E-state index is -0.0242. The summed E-state index contributed by atoms with van der Waals surface area (Å²) in [5, 5.41) is 8.70. The Morgan fingerprint density at radius 1 is 1.10 bits per heavy atom. The number of rotatable bonds is 3. The Hall–Kier alpha value is -3.15. The van der Waals surface area contributed by atoms with Crippen LogP contribution in [0, 0.1) is 5.92 Å². The van der Waals surface area contributed by atoms with Gasteiger partial charge in [0.25, 0.3) is 0 Å². The average Bonchev–Trinajstić information content (AvgIpc) is 3.41. The molecule has 2 atom stereocenters. The van der Waals surface area contributed by atoms with Gasteiger partial charge in [0, 0.05) is 24.8 Å². The summed E-state index contributed by atoms with van der Waals surface area (Å²) >= 11 is 0. The molecule has 6 nitrogen and oxygen atoms in total. The first-order valence-corrected chi connectivity index (χ1v) is 10.2. The molecular formula is C23H24N4O2. The van der Waals surface area contributed by atoms with E-state index in [0.717, 1.165) is 37.3 Å². The number of anilines is 2. The quantitative estimate of drug-likeness (QED) is 0.680. The lowest BCUT2D eigenvalue weighted by Gasteiger charge is -2.35. The summed E-state index contributed by atoms with van der Waals surface area (Å²) in [4.78, 5) is 17.6. The molecule has 1 amide bonds. The first kappa shape index (κ1) is 17.9. The summed E-state index contributed by atoms with van der Waals surface area (Å²) in [6.45, 7) is 3.71. The van der Waals surface area contributed by atoms with E-state index in [1.807, 2.05) is 41.3 Å². The molecule has 0 radical (unpaired) electrons. The van der Waals surface area contributed by atoms with Gasteiger partial charge in [-0.1, -0.05) is 18.2 Å². The van der Waals surface area contributed by atoms with E-state index in [9.17, 15) is 4.79 Å². The standard InChI is InChI=1S/C23H24N4O2/c1-16-14-17-6-2-3-8-20(17)27(16)23(28)18-7-4-12-26(15-18)22-11-10-19(24-25-22)21-9-5-13-29-21/h2-3,5-6,8-11,13,16,18H,4,7,12,14-15H2,1H3. The van der Waals surface area contributed by atoms with E-state index in [-0.39, 0.29) is 17.9 Å². The van der Waals surface area contributed by atoms with Crippen molar-refractivity contribution in [3.63, 3.8) is 0 Å². The van der Waals surface area contributed by atoms with E-state index in [2.05, 4.69) is 34.2 Å². The van der Waals surface area contributed by atoms with Crippen molar-refractivity contribution in [3.05, 3.63) is 60.4 Å². The van der Waals surface area contributed by atoms with Crippen LogP contribution in [0.5, 0.6) is 0 Å². The molecule has 2 aliphatic rings. The zero-order valence-electron chi connectivity index (χ0n) is 16.5. The fourth-order valence-electron chi connectivity index (χ4n) is 4.53. The van der Waals surface area contributed by atoms with Crippen LogP contribution in [-0.2, 0) is 11.2 Å². The van der Waals surface area contributed by atoms with Crippen LogP contribution in [0.4, 0.5) is 11.5 Å². The minimum Gasteiger partial charge on any atom is -0.463 e. The number of hydrogen-bond donors (Lipinski definition) is 0. The van der Waals surface area contributed by atoms with E-state index in [1.165, 1.54) is 5.56 Å². The lowest BCUT2D eigenvalue weighted by atomic mass is 9.96. The highest BCUT2D eigenvalue weighted by atomic mass is 16.3. The highest BCUT2D eigenvalue weighted by Crippen LogP contribution is 2.34. The van der Waals surface area contributed by atoms with Crippen molar-refractivity contribution in [2.45, 2.75) is 32.2 Å². The topological polar surface area (TPSA) is 62.5 Å². The second kappa shape index (κ2) is 7.35. The van der Waals surface area contributed by atoms with E-state index in [1.54, 1.807) is 6.26 Å². The van der Waals surface area contributed by atoms with Crippen LogP contribution in [-0.4, -0.2) is 35.2 Å². The van der Waals surface area contributed by atoms with Crippen molar-refractivity contribution >= 4 is 17.4 Å². The summed E-state index contributed by atoms with van der Waals surface area (Å²) in [7, 11) is 0. The number of carbonyl (C=O) groups excluding carboxylic acids is 1. The van der Waals surface area contributed by atoms with Gasteiger partial charge >= 0.3 is 0 Å². The van der Waals surface area contributed by atoms with E-state index in [0.29, 0.717) is 18.0 Å². The molecule has 148 valence electrons. The molecule has 0 aliphatic carbocycles. The van der Waals surface area contributed by atoms with Crippen molar-refractivity contribution in [1.29, 1.82) is 0 Å². The molecule has 4 heterocycles. The molecule has 0 spiro atoms. The summed E-state index contributed by atoms with van der Waals surface area (Å²) in [5.74, 6) is 1.72. The van der Waals surface area contributed by atoms with Gasteiger partial charge in [-0.15, -0.1) is 10.2 Å². The number of piperidine rings is 1. The van der Waals surface area contributed by atoms with Gasteiger partial charge in [0.15, 0.2) is 11.6 Å². The Morgan fingerprint density at radius 3 is 2.79 bits per heavy atom. The third kappa shape index (κ3) is 3.28. The SMILES string of the molecule is CC1Cc2ccccc2N1C(=O)C1CCCN(c2ccc(-c3ccco3)nn2)C1. The van der Waals surface area contributed by atoms with Gasteiger partial charge in [-0.2, -0.15) is 0 Å². The summed E-state index contributed by atoms with van der Waals surface area (Å²) in [6.07, 6.45) is 4.45. The second-order valence-electron chi connectivity index (χ2n) is 7.93. The Labute approximate surface area is 170 Å². The van der Waals surface area contributed by atoms with E-state index < -0.39 is 0 Å². The van der Waals surface area contributed by atoms with Crippen LogP contribution in [0.25, 0.3) is 11.5 Å². The molecular weight excluding hydrogens is 364 g/mol. The van der Waals surface area contributed by atoms with Crippen molar-refractivity contribution < 1.29 is 9.21 Å². The smallest absolute Gasteiger partial charge is 0.232 e. The number of furan rings is 1. The van der Waals surface area contributed by atoms with Crippen molar-refractivity contribution in [2.75, 3.05) is 22.9 Å². The first-order chi connectivity index (χ1) is 14.2. The molecule has 1 saturated heterocycles. The molecule has 1 fully saturated rings. The highest BCUT2D eigenvalue weighted by Gasteiger charge is 2.36. The van der Waals surface area contributed by atoms with Gasteiger partial charge in [0.05, 0.1) is 12.2 Å². The van der Waals surface area contributed by atoms with E-state index in [4.69, 9.17) is 4.42 Å². The molecule has 1 aromatic carbocycles. The summed E-state index contributed by atoms with van der Waals surface area (Å²) in [5.41, 5.74) is 3.05. The normalized spacial score (nSPS) is 21.3. The van der Waals surface area contributed by atoms with Crippen molar-refractivity contribution in [2.24, 2.45) is 5.92 Å². The number of benzene rings is 1. The van der Waals surface area contributed by atoms with E-state index >= 15 is 0 Å². The largest absolute Gasteiger partial charge is 0.463 e. The Bertz CT molecular complexity index is 1000. The molecule has 2 aliphatic heterocycles. The molecule has 29 heavy (non-hydrogen) atoms. The Morgan fingerprint density at radius 2 is 2.00 bits per heavy atom. The van der Waals surface area contributed by atoms with Gasteiger partial charge in [-0.25, -0.2) is 0 Å². The number of nitrogens with zero attached hydrogens (tertiary/aromatic N) is 4. The maximum Gasteiger partial charge on any atom is 0.232 e. The predicted molar refractivity (Wildman–Crippen MR) is 112 cm³/mol. The lowest BCUT2D eigenvalue weighted by Crippen LogP contribution is -2.47. The zero-order valence-corrected chi connectivity index (χ0v) is 16.5. The maximum atomic E-state index is 13.4. The number of fused-ring (bicyclic) bond motifs is 1. The van der Waals surface area contributed by atoms with Gasteiger partial charge < -0.3 is 14.2 Å². The molecule has 0 bridgehead atoms. The fourth-order valence-corrected chi connectivity index (χ4v) is 4.53. The maximum absolute atomic E-state index is 13.4. The number of aromatic nitrogens is 2. The molecule has 6 heteroatoms. The minimum absolute atomic E-state index is 0.0242. The van der Waals surface area contributed by atoms with Crippen molar-refractivity contribution in [1.82, 2.24) is 10.2 Å². The Kier molecular flexibility index (Phi) is 4.54. The van der Waals surface area contributed by atoms with Crippen LogP contribution in [0.1, 0.15) is 25.3 Å². The van der Waals surface area contributed by atoms with Crippen molar-refractivity contribution in [3.8, 4) is 11.5 Å². The third-order valence-electron chi connectivity index (χ3n) is 5.96. The molecule has 0 saturated carbocycles.